The summed E-state index contributed by atoms with van der Waals surface area (Å²) >= 11 is 3.55. The van der Waals surface area contributed by atoms with Gasteiger partial charge >= 0.3 is 0 Å². The second-order valence-corrected chi connectivity index (χ2v) is 6.19. The third kappa shape index (κ3) is 5.14. The maximum absolute atomic E-state index is 5.84. The van der Waals surface area contributed by atoms with Crippen LogP contribution in [0.1, 0.15) is 18.1 Å². The van der Waals surface area contributed by atoms with E-state index >= 15 is 0 Å². The zero-order valence-corrected chi connectivity index (χ0v) is 16.0. The molecule has 2 rings (SSSR count). The van der Waals surface area contributed by atoms with Crippen molar-refractivity contribution in [1.29, 1.82) is 0 Å². The fourth-order valence-corrected chi connectivity index (χ4v) is 2.95. The highest BCUT2D eigenvalue weighted by molar-refractivity contribution is 9.10. The van der Waals surface area contributed by atoms with Gasteiger partial charge in [0.15, 0.2) is 11.5 Å². The number of halogens is 1. The van der Waals surface area contributed by atoms with Crippen molar-refractivity contribution >= 4 is 15.9 Å². The minimum atomic E-state index is 0.440. The van der Waals surface area contributed by atoms with Crippen LogP contribution >= 0.6 is 15.9 Å². The molecule has 2 aromatic carbocycles. The summed E-state index contributed by atoms with van der Waals surface area (Å²) in [7, 11) is 3.55. The van der Waals surface area contributed by atoms with Gasteiger partial charge in [0.2, 0.25) is 0 Å². The first-order chi connectivity index (χ1) is 11.7. The maximum Gasteiger partial charge on any atom is 0.175 e. The lowest BCUT2D eigenvalue weighted by Crippen LogP contribution is -2.11. The summed E-state index contributed by atoms with van der Waals surface area (Å²) in [5.41, 5.74) is 2.43. The van der Waals surface area contributed by atoms with Gasteiger partial charge in [0, 0.05) is 6.54 Å². The number of ether oxygens (including phenoxy) is 3. The van der Waals surface area contributed by atoms with E-state index < -0.39 is 0 Å². The highest BCUT2D eigenvalue weighted by Crippen LogP contribution is 2.36. The third-order valence-electron chi connectivity index (χ3n) is 3.60. The van der Waals surface area contributed by atoms with E-state index in [2.05, 4.69) is 40.3 Å². The molecular formula is C19H24BrNO3. The molecule has 0 aliphatic rings. The molecule has 0 unspecified atom stereocenters. The zero-order valence-electron chi connectivity index (χ0n) is 14.4. The van der Waals surface area contributed by atoms with Crippen molar-refractivity contribution in [3.05, 3.63) is 52.0 Å². The molecule has 5 heteroatoms. The number of nitrogens with one attached hydrogen (secondary N) is 1. The van der Waals surface area contributed by atoms with Crippen molar-refractivity contribution in [1.82, 2.24) is 5.32 Å². The van der Waals surface area contributed by atoms with Gasteiger partial charge in [-0.05, 0) is 64.8 Å². The summed E-state index contributed by atoms with van der Waals surface area (Å²) in [6.07, 6.45) is 1.03. The van der Waals surface area contributed by atoms with E-state index in [4.69, 9.17) is 14.2 Å². The van der Waals surface area contributed by atoms with Gasteiger partial charge in [0.25, 0.3) is 0 Å². The molecule has 0 bridgehead atoms. The molecule has 0 saturated carbocycles. The smallest absolute Gasteiger partial charge is 0.175 e. The van der Waals surface area contributed by atoms with Gasteiger partial charge in [-0.1, -0.05) is 19.1 Å². The van der Waals surface area contributed by atoms with Gasteiger partial charge in [-0.25, -0.2) is 0 Å². The van der Waals surface area contributed by atoms with E-state index in [1.807, 2.05) is 31.3 Å². The molecule has 0 radical (unpaired) electrons. The number of methoxy groups -OCH3 is 1. The van der Waals surface area contributed by atoms with E-state index in [0.29, 0.717) is 24.7 Å². The van der Waals surface area contributed by atoms with Gasteiger partial charge in [0.05, 0.1) is 11.6 Å². The van der Waals surface area contributed by atoms with Crippen molar-refractivity contribution in [2.24, 2.45) is 0 Å². The van der Waals surface area contributed by atoms with E-state index in [0.717, 1.165) is 28.8 Å². The Morgan fingerprint density at radius 3 is 2.33 bits per heavy atom. The summed E-state index contributed by atoms with van der Waals surface area (Å²) in [6.45, 7) is 3.82. The molecule has 2 aromatic rings. The first-order valence-corrected chi connectivity index (χ1v) is 8.82. The van der Waals surface area contributed by atoms with Crippen molar-refractivity contribution in [2.45, 2.75) is 19.9 Å². The number of hydrogen-bond donors (Lipinski definition) is 1. The fraction of sp³-hybridized carbons (Fsp3) is 0.368. The Bertz CT molecular complexity index is 644. The lowest BCUT2D eigenvalue weighted by atomic mass is 10.2. The van der Waals surface area contributed by atoms with Crippen LogP contribution in [0.3, 0.4) is 0 Å². The van der Waals surface area contributed by atoms with Gasteiger partial charge in [-0.3, -0.25) is 0 Å². The third-order valence-corrected chi connectivity index (χ3v) is 4.19. The first-order valence-electron chi connectivity index (χ1n) is 8.03. The number of rotatable bonds is 9. The second kappa shape index (κ2) is 9.55. The van der Waals surface area contributed by atoms with Crippen LogP contribution in [0, 0.1) is 0 Å². The number of benzene rings is 2. The number of aryl methyl sites for hydroxylation is 1. The quantitative estimate of drug-likeness (QED) is 0.648. The van der Waals surface area contributed by atoms with E-state index in [1.165, 1.54) is 5.56 Å². The molecule has 0 atom stereocenters. The Labute approximate surface area is 152 Å². The predicted molar refractivity (Wildman–Crippen MR) is 100 cm³/mol. The molecule has 0 heterocycles. The minimum Gasteiger partial charge on any atom is -0.493 e. The molecule has 0 aliphatic heterocycles. The Balaban J connectivity index is 1.91. The minimum absolute atomic E-state index is 0.440. The fourth-order valence-electron chi connectivity index (χ4n) is 2.34. The van der Waals surface area contributed by atoms with Gasteiger partial charge < -0.3 is 19.5 Å². The van der Waals surface area contributed by atoms with E-state index in [-0.39, 0.29) is 0 Å². The lowest BCUT2D eigenvalue weighted by molar-refractivity contribution is 0.210. The summed E-state index contributed by atoms with van der Waals surface area (Å²) in [5.74, 6) is 2.26. The molecule has 0 aliphatic carbocycles. The average molecular weight is 394 g/mol. The predicted octanol–water partition coefficient (Wildman–Crippen LogP) is 4.20. The Morgan fingerprint density at radius 2 is 1.71 bits per heavy atom. The summed E-state index contributed by atoms with van der Waals surface area (Å²) in [5, 5.41) is 3.12. The van der Waals surface area contributed by atoms with Crippen LogP contribution in [0.5, 0.6) is 17.2 Å². The van der Waals surface area contributed by atoms with Crippen LogP contribution in [0.2, 0.25) is 0 Å². The summed E-state index contributed by atoms with van der Waals surface area (Å²) in [6, 6.07) is 12.1. The maximum atomic E-state index is 5.84. The molecule has 0 fully saturated rings. The normalized spacial score (nSPS) is 10.5. The van der Waals surface area contributed by atoms with Crippen LogP contribution in [0.4, 0.5) is 0 Å². The summed E-state index contributed by atoms with van der Waals surface area (Å²) in [4.78, 5) is 0. The van der Waals surface area contributed by atoms with E-state index in [1.54, 1.807) is 7.11 Å². The second-order valence-electron chi connectivity index (χ2n) is 5.33. The highest BCUT2D eigenvalue weighted by Gasteiger charge is 2.11. The van der Waals surface area contributed by atoms with Crippen molar-refractivity contribution in [3.63, 3.8) is 0 Å². The van der Waals surface area contributed by atoms with Gasteiger partial charge in [-0.2, -0.15) is 0 Å². The van der Waals surface area contributed by atoms with Gasteiger partial charge in [-0.15, -0.1) is 0 Å². The zero-order chi connectivity index (χ0) is 17.4. The van der Waals surface area contributed by atoms with Gasteiger partial charge in [0.1, 0.15) is 19.0 Å². The topological polar surface area (TPSA) is 39.7 Å². The van der Waals surface area contributed by atoms with Crippen LogP contribution in [-0.2, 0) is 13.0 Å². The van der Waals surface area contributed by atoms with Crippen molar-refractivity contribution in [2.75, 3.05) is 27.4 Å². The molecular weight excluding hydrogens is 370 g/mol. The first kappa shape index (κ1) is 18.6. The molecule has 4 nitrogen and oxygen atoms in total. The SMILES string of the molecule is CCc1ccc(OCCOc2c(Br)cc(CNC)cc2OC)cc1. The summed E-state index contributed by atoms with van der Waals surface area (Å²) < 4.78 is 17.9. The molecule has 0 spiro atoms. The molecule has 0 saturated heterocycles. The molecule has 24 heavy (non-hydrogen) atoms. The Hall–Kier alpha value is -1.72. The number of hydrogen-bond acceptors (Lipinski definition) is 4. The Kier molecular flexibility index (Phi) is 7.40. The molecule has 1 N–H and O–H groups in total. The van der Waals surface area contributed by atoms with Crippen molar-refractivity contribution in [3.8, 4) is 17.2 Å². The largest absolute Gasteiger partial charge is 0.493 e. The van der Waals surface area contributed by atoms with Crippen LogP contribution < -0.4 is 19.5 Å². The molecule has 0 amide bonds. The standard InChI is InChI=1S/C19H24BrNO3/c1-4-14-5-7-16(8-6-14)23-9-10-24-19-17(20)11-15(13-21-2)12-18(19)22-3/h5-8,11-12,21H,4,9-10,13H2,1-3H3. The van der Waals surface area contributed by atoms with Crippen molar-refractivity contribution < 1.29 is 14.2 Å². The lowest BCUT2D eigenvalue weighted by Gasteiger charge is -2.15. The molecule has 0 aromatic heterocycles. The monoisotopic (exact) mass is 393 g/mol. The highest BCUT2D eigenvalue weighted by atomic mass is 79.9. The Morgan fingerprint density at radius 1 is 1.00 bits per heavy atom. The van der Waals surface area contributed by atoms with Crippen LogP contribution in [0.15, 0.2) is 40.9 Å². The molecule has 130 valence electrons. The average Bonchev–Trinajstić information content (AvgIpc) is 2.60. The van der Waals surface area contributed by atoms with E-state index in [9.17, 15) is 0 Å². The van der Waals surface area contributed by atoms with Crippen LogP contribution in [0.25, 0.3) is 0 Å². The van der Waals surface area contributed by atoms with Crippen LogP contribution in [-0.4, -0.2) is 27.4 Å².